The van der Waals surface area contributed by atoms with Crippen molar-refractivity contribution in [1.29, 1.82) is 0 Å². The highest BCUT2D eigenvalue weighted by molar-refractivity contribution is 7.92. The molecule has 0 aliphatic carbocycles. The first kappa shape index (κ1) is 22.2. The van der Waals surface area contributed by atoms with Gasteiger partial charge in [0.1, 0.15) is 5.82 Å². The van der Waals surface area contributed by atoms with Gasteiger partial charge in [0.2, 0.25) is 15.9 Å². The fraction of sp³-hybridized carbons (Fsp3) is 0.350. The molecule has 0 unspecified atom stereocenters. The average Bonchev–Trinajstić information content (AvgIpc) is 2.64. The van der Waals surface area contributed by atoms with Crippen LogP contribution in [-0.4, -0.2) is 33.7 Å². The van der Waals surface area contributed by atoms with Crippen molar-refractivity contribution in [3.05, 3.63) is 64.9 Å². The van der Waals surface area contributed by atoms with Gasteiger partial charge in [-0.05, 0) is 61.2 Å². The molecule has 0 bridgehead atoms. The van der Waals surface area contributed by atoms with Crippen molar-refractivity contribution in [2.45, 2.75) is 25.7 Å². The smallest absolute Gasteiger partial charge is 0.232 e. The third-order valence-electron chi connectivity index (χ3n) is 4.16. The summed E-state index contributed by atoms with van der Waals surface area (Å²) in [6.45, 7) is 0.706. The maximum absolute atomic E-state index is 13.1. The van der Waals surface area contributed by atoms with Crippen molar-refractivity contribution < 1.29 is 17.6 Å². The summed E-state index contributed by atoms with van der Waals surface area (Å²) in [7, 11) is -3.51. The summed E-state index contributed by atoms with van der Waals surface area (Å²) in [6.07, 6.45) is 3.32. The minimum Gasteiger partial charge on any atom is -0.356 e. The topological polar surface area (TPSA) is 66.5 Å². The second-order valence-electron chi connectivity index (χ2n) is 6.50. The van der Waals surface area contributed by atoms with Gasteiger partial charge in [0.05, 0.1) is 11.9 Å². The van der Waals surface area contributed by atoms with Crippen LogP contribution in [0.2, 0.25) is 5.02 Å². The number of nitrogens with zero attached hydrogens (tertiary/aromatic N) is 1. The van der Waals surface area contributed by atoms with Gasteiger partial charge < -0.3 is 5.32 Å². The Morgan fingerprint density at radius 3 is 2.32 bits per heavy atom. The largest absolute Gasteiger partial charge is 0.356 e. The molecule has 1 amide bonds. The molecule has 2 rings (SSSR count). The Kier molecular flexibility index (Phi) is 8.26. The van der Waals surface area contributed by atoms with E-state index in [0.717, 1.165) is 24.7 Å². The molecule has 1 N–H and O–H groups in total. The summed E-state index contributed by atoms with van der Waals surface area (Å²) < 4.78 is 38.2. The van der Waals surface area contributed by atoms with E-state index in [-0.39, 0.29) is 18.9 Å². The summed E-state index contributed by atoms with van der Waals surface area (Å²) >= 11 is 5.84. The highest BCUT2D eigenvalue weighted by Crippen LogP contribution is 2.18. The van der Waals surface area contributed by atoms with Crippen molar-refractivity contribution >= 4 is 33.2 Å². The van der Waals surface area contributed by atoms with Gasteiger partial charge in [-0.15, -0.1) is 0 Å². The van der Waals surface area contributed by atoms with E-state index in [1.54, 1.807) is 0 Å². The molecule has 8 heteroatoms. The predicted octanol–water partition coefficient (Wildman–Crippen LogP) is 3.77. The van der Waals surface area contributed by atoms with Crippen LogP contribution in [0.1, 0.15) is 24.8 Å². The Morgan fingerprint density at radius 1 is 1.07 bits per heavy atom. The normalized spacial score (nSPS) is 11.2. The van der Waals surface area contributed by atoms with E-state index in [2.05, 4.69) is 5.32 Å². The van der Waals surface area contributed by atoms with Crippen LogP contribution in [0.25, 0.3) is 0 Å². The van der Waals surface area contributed by atoms with E-state index in [0.29, 0.717) is 23.7 Å². The Bertz CT molecular complexity index is 871. The van der Waals surface area contributed by atoms with Gasteiger partial charge in [-0.1, -0.05) is 23.7 Å². The van der Waals surface area contributed by atoms with Gasteiger partial charge in [0.25, 0.3) is 0 Å². The summed E-state index contributed by atoms with van der Waals surface area (Å²) in [5.41, 5.74) is 1.54. The molecule has 2 aromatic rings. The number of hydrogen-bond donors (Lipinski definition) is 1. The highest BCUT2D eigenvalue weighted by Gasteiger charge is 2.17. The van der Waals surface area contributed by atoms with Gasteiger partial charge in [-0.25, -0.2) is 12.8 Å². The zero-order valence-electron chi connectivity index (χ0n) is 15.7. The Morgan fingerprint density at radius 2 is 1.71 bits per heavy atom. The molecule has 28 heavy (non-hydrogen) atoms. The molecule has 2 aromatic carbocycles. The van der Waals surface area contributed by atoms with Crippen LogP contribution in [0, 0.1) is 5.82 Å². The van der Waals surface area contributed by atoms with E-state index in [4.69, 9.17) is 11.6 Å². The maximum Gasteiger partial charge on any atom is 0.232 e. The quantitative estimate of drug-likeness (QED) is 0.588. The molecule has 0 aliphatic heterocycles. The predicted molar refractivity (Wildman–Crippen MR) is 111 cm³/mol. The summed E-state index contributed by atoms with van der Waals surface area (Å²) in [5, 5.41) is 3.54. The maximum atomic E-state index is 13.1. The highest BCUT2D eigenvalue weighted by atomic mass is 35.5. The molecule has 0 aliphatic rings. The zero-order valence-corrected chi connectivity index (χ0v) is 17.3. The van der Waals surface area contributed by atoms with Crippen LogP contribution < -0.4 is 9.62 Å². The Hall–Kier alpha value is -2.12. The van der Waals surface area contributed by atoms with Crippen LogP contribution in [-0.2, 0) is 21.2 Å². The molecule has 0 aromatic heterocycles. The van der Waals surface area contributed by atoms with Gasteiger partial charge in [0, 0.05) is 24.5 Å². The molecule has 5 nitrogen and oxygen atoms in total. The number of carbonyl (C=O) groups is 1. The van der Waals surface area contributed by atoms with Gasteiger partial charge in [-0.2, -0.15) is 0 Å². The molecule has 0 atom stereocenters. The first-order chi connectivity index (χ1) is 13.3. The number of hydrogen-bond acceptors (Lipinski definition) is 3. The number of rotatable bonds is 10. The fourth-order valence-electron chi connectivity index (χ4n) is 2.74. The van der Waals surface area contributed by atoms with Crippen LogP contribution in [0.3, 0.4) is 0 Å². The fourth-order valence-corrected chi connectivity index (χ4v) is 3.83. The molecule has 0 spiro atoms. The lowest BCUT2D eigenvalue weighted by molar-refractivity contribution is -0.121. The van der Waals surface area contributed by atoms with Crippen LogP contribution in [0.15, 0.2) is 48.5 Å². The minimum atomic E-state index is -3.51. The van der Waals surface area contributed by atoms with Gasteiger partial charge >= 0.3 is 0 Å². The number of aryl methyl sites for hydroxylation is 1. The third kappa shape index (κ3) is 7.48. The van der Waals surface area contributed by atoms with Crippen molar-refractivity contribution in [3.63, 3.8) is 0 Å². The standard InChI is InChI=1S/C20H24ClFN2O3S/c1-28(26,27)24(19-12-10-18(22)11-13-19)15-3-5-20(25)23-14-2-4-16-6-8-17(21)9-7-16/h6-13H,2-5,14-15H2,1H3,(H,23,25). The number of halogens is 2. The molecule has 0 heterocycles. The average molecular weight is 427 g/mol. The van der Waals surface area contributed by atoms with E-state index in [1.807, 2.05) is 24.3 Å². The molecule has 152 valence electrons. The van der Waals surface area contributed by atoms with E-state index >= 15 is 0 Å². The van der Waals surface area contributed by atoms with Crippen LogP contribution in [0.4, 0.5) is 10.1 Å². The SMILES string of the molecule is CS(=O)(=O)N(CCCC(=O)NCCCc1ccc(Cl)cc1)c1ccc(F)cc1. The van der Waals surface area contributed by atoms with Crippen molar-refractivity contribution in [2.24, 2.45) is 0 Å². The first-order valence-corrected chi connectivity index (χ1v) is 11.2. The first-order valence-electron chi connectivity index (χ1n) is 9.00. The van der Waals surface area contributed by atoms with E-state index in [1.165, 1.54) is 28.6 Å². The van der Waals surface area contributed by atoms with Crippen LogP contribution in [0.5, 0.6) is 0 Å². The molecule has 0 radical (unpaired) electrons. The second-order valence-corrected chi connectivity index (χ2v) is 8.84. The lowest BCUT2D eigenvalue weighted by atomic mass is 10.1. The number of carbonyl (C=O) groups excluding carboxylic acids is 1. The van der Waals surface area contributed by atoms with E-state index in [9.17, 15) is 17.6 Å². The Labute approximate surface area is 170 Å². The number of sulfonamides is 1. The molecular weight excluding hydrogens is 403 g/mol. The van der Waals surface area contributed by atoms with Crippen molar-refractivity contribution in [1.82, 2.24) is 5.32 Å². The van der Waals surface area contributed by atoms with Gasteiger partial charge in [0.15, 0.2) is 0 Å². The number of nitrogens with one attached hydrogen (secondary N) is 1. The number of benzene rings is 2. The van der Waals surface area contributed by atoms with Crippen LogP contribution >= 0.6 is 11.6 Å². The molecular formula is C20H24ClFN2O3S. The lowest BCUT2D eigenvalue weighted by Gasteiger charge is -2.22. The third-order valence-corrected chi connectivity index (χ3v) is 5.60. The minimum absolute atomic E-state index is 0.122. The summed E-state index contributed by atoms with van der Waals surface area (Å²) in [5.74, 6) is -0.557. The number of amides is 1. The second kappa shape index (κ2) is 10.4. The molecule has 0 saturated carbocycles. The summed E-state index contributed by atoms with van der Waals surface area (Å²) in [6, 6.07) is 12.8. The van der Waals surface area contributed by atoms with Gasteiger partial charge in [-0.3, -0.25) is 9.10 Å². The lowest BCUT2D eigenvalue weighted by Crippen LogP contribution is -2.32. The monoisotopic (exact) mass is 426 g/mol. The van der Waals surface area contributed by atoms with Crippen molar-refractivity contribution in [2.75, 3.05) is 23.7 Å². The van der Waals surface area contributed by atoms with Crippen molar-refractivity contribution in [3.8, 4) is 0 Å². The Balaban J connectivity index is 1.73. The number of anilines is 1. The molecule has 0 fully saturated rings. The zero-order chi connectivity index (χ0) is 20.6. The van der Waals surface area contributed by atoms with E-state index < -0.39 is 15.8 Å². The molecule has 0 saturated heterocycles. The summed E-state index contributed by atoms with van der Waals surface area (Å²) in [4.78, 5) is 12.0.